The maximum Gasteiger partial charge on any atom is 0.328 e. The number of hydrogen-bond acceptors (Lipinski definition) is 1. The average molecular weight is 331 g/mol. The Bertz CT molecular complexity index is 564. The van der Waals surface area contributed by atoms with Crippen molar-refractivity contribution in [2.45, 2.75) is 78.6 Å². The lowest BCUT2D eigenvalue weighted by Gasteiger charge is -2.60. The molecule has 4 aliphatic rings. The predicted octanol–water partition coefficient (Wildman–Crippen LogP) is 5.68. The number of allylic oxidation sites excluding steroid dienone is 1. The topological polar surface area (TPSA) is 37.3 Å². The van der Waals surface area contributed by atoms with Crippen molar-refractivity contribution >= 4 is 5.97 Å². The summed E-state index contributed by atoms with van der Waals surface area (Å²) in [5.41, 5.74) is 2.26. The predicted molar refractivity (Wildman–Crippen MR) is 96.6 cm³/mol. The second-order valence-electron chi connectivity index (χ2n) is 10.0. The molecule has 0 bridgehead atoms. The van der Waals surface area contributed by atoms with Crippen molar-refractivity contribution in [3.8, 4) is 0 Å². The Morgan fingerprint density at radius 1 is 1.04 bits per heavy atom. The van der Waals surface area contributed by atoms with Crippen LogP contribution in [-0.2, 0) is 4.79 Å². The molecule has 0 radical (unpaired) electrons. The first kappa shape index (κ1) is 16.7. The number of carbonyl (C=O) groups is 1. The second-order valence-corrected chi connectivity index (χ2v) is 10.0. The highest BCUT2D eigenvalue weighted by molar-refractivity contribution is 5.80. The summed E-state index contributed by atoms with van der Waals surface area (Å²) in [6.07, 6.45) is 13.3. The van der Waals surface area contributed by atoms with Crippen molar-refractivity contribution in [1.82, 2.24) is 0 Å². The number of rotatable bonds is 1. The van der Waals surface area contributed by atoms with Gasteiger partial charge in [0.1, 0.15) is 0 Å². The van der Waals surface area contributed by atoms with Crippen molar-refractivity contribution in [3.63, 3.8) is 0 Å². The molecule has 4 fully saturated rings. The molecule has 0 amide bonds. The number of carboxylic acid groups (broad SMARTS) is 1. The molecule has 4 aliphatic carbocycles. The molecular formula is C22H34O2. The molecule has 0 aromatic carbocycles. The van der Waals surface area contributed by atoms with E-state index in [1.807, 2.05) is 0 Å². The zero-order valence-corrected chi connectivity index (χ0v) is 15.7. The first-order valence-corrected chi connectivity index (χ1v) is 10.3. The van der Waals surface area contributed by atoms with Crippen LogP contribution in [0.2, 0.25) is 0 Å². The molecule has 0 aromatic heterocycles. The van der Waals surface area contributed by atoms with E-state index in [9.17, 15) is 4.79 Å². The van der Waals surface area contributed by atoms with Gasteiger partial charge in [-0.3, -0.25) is 0 Å². The van der Waals surface area contributed by atoms with Crippen LogP contribution in [0.3, 0.4) is 0 Å². The number of hydrogen-bond donors (Lipinski definition) is 1. The van der Waals surface area contributed by atoms with Crippen LogP contribution in [0.1, 0.15) is 78.6 Å². The molecule has 0 spiro atoms. The molecule has 0 heterocycles. The molecule has 0 aliphatic heterocycles. The van der Waals surface area contributed by atoms with E-state index < -0.39 is 5.97 Å². The summed E-state index contributed by atoms with van der Waals surface area (Å²) >= 11 is 0. The van der Waals surface area contributed by atoms with Gasteiger partial charge in [0.05, 0.1) is 0 Å². The maximum atomic E-state index is 11.1. The lowest BCUT2D eigenvalue weighted by Crippen LogP contribution is -2.52. The highest BCUT2D eigenvalue weighted by Gasteiger charge is 2.58. The molecule has 134 valence electrons. The lowest BCUT2D eigenvalue weighted by molar-refractivity contribution is -0.131. The SMILES string of the molecule is C[C@H]1CCC2C3CC[C@H]4C/C(=C/C(=O)O)CCC4(C)C3CCC21C. The Labute approximate surface area is 147 Å². The van der Waals surface area contributed by atoms with E-state index in [1.165, 1.54) is 56.6 Å². The van der Waals surface area contributed by atoms with E-state index in [1.54, 1.807) is 0 Å². The Morgan fingerprint density at radius 3 is 2.54 bits per heavy atom. The van der Waals surface area contributed by atoms with E-state index in [-0.39, 0.29) is 0 Å². The third kappa shape index (κ3) is 2.31. The number of carboxylic acids is 1. The van der Waals surface area contributed by atoms with Crippen molar-refractivity contribution in [1.29, 1.82) is 0 Å². The summed E-state index contributed by atoms with van der Waals surface area (Å²) in [6.45, 7) is 7.65. The lowest BCUT2D eigenvalue weighted by atomic mass is 9.44. The van der Waals surface area contributed by atoms with E-state index in [0.717, 1.165) is 42.4 Å². The third-order valence-electron chi connectivity index (χ3n) is 9.36. The van der Waals surface area contributed by atoms with Crippen molar-refractivity contribution in [2.24, 2.45) is 40.4 Å². The van der Waals surface area contributed by atoms with Gasteiger partial charge in [0.25, 0.3) is 0 Å². The van der Waals surface area contributed by atoms with Crippen LogP contribution in [0.5, 0.6) is 0 Å². The quantitative estimate of drug-likeness (QED) is 0.628. The minimum Gasteiger partial charge on any atom is -0.478 e. The van der Waals surface area contributed by atoms with Crippen molar-refractivity contribution < 1.29 is 9.90 Å². The van der Waals surface area contributed by atoms with E-state index in [0.29, 0.717) is 10.8 Å². The largest absolute Gasteiger partial charge is 0.478 e. The van der Waals surface area contributed by atoms with Crippen LogP contribution in [0.25, 0.3) is 0 Å². The molecule has 7 atom stereocenters. The van der Waals surface area contributed by atoms with Gasteiger partial charge in [-0.05, 0) is 98.2 Å². The highest BCUT2D eigenvalue weighted by atomic mass is 16.4. The first-order chi connectivity index (χ1) is 11.3. The van der Waals surface area contributed by atoms with Crippen molar-refractivity contribution in [2.75, 3.05) is 0 Å². The zero-order valence-electron chi connectivity index (χ0n) is 15.7. The summed E-state index contributed by atoms with van der Waals surface area (Å²) in [5.74, 6) is 3.67. The van der Waals surface area contributed by atoms with Gasteiger partial charge >= 0.3 is 5.97 Å². The van der Waals surface area contributed by atoms with Gasteiger partial charge in [-0.25, -0.2) is 4.79 Å². The van der Waals surface area contributed by atoms with Crippen LogP contribution >= 0.6 is 0 Å². The summed E-state index contributed by atoms with van der Waals surface area (Å²) in [5, 5.41) is 9.09. The van der Waals surface area contributed by atoms with Crippen LogP contribution in [-0.4, -0.2) is 11.1 Å². The van der Waals surface area contributed by atoms with E-state index >= 15 is 0 Å². The minimum absolute atomic E-state index is 0.464. The standard InChI is InChI=1S/C22H34O2/c1-14-4-7-18-17-6-5-16-12-15(13-20(23)24)8-10-22(16,3)19(17)9-11-21(14,18)2/h13-14,16-19H,4-12H2,1-3H3,(H,23,24)/b15-13+/t14-,16-,17?,18?,19?,21?,22?/m0/s1. The molecule has 2 nitrogen and oxygen atoms in total. The van der Waals surface area contributed by atoms with Gasteiger partial charge in [0.2, 0.25) is 0 Å². The smallest absolute Gasteiger partial charge is 0.328 e. The van der Waals surface area contributed by atoms with Crippen molar-refractivity contribution in [3.05, 3.63) is 11.6 Å². The van der Waals surface area contributed by atoms with Gasteiger partial charge in [-0.15, -0.1) is 0 Å². The van der Waals surface area contributed by atoms with Gasteiger partial charge < -0.3 is 5.11 Å². The number of aliphatic carboxylic acids is 1. The molecule has 0 saturated heterocycles. The minimum atomic E-state index is -0.754. The summed E-state index contributed by atoms with van der Waals surface area (Å²) < 4.78 is 0. The molecule has 1 N–H and O–H groups in total. The summed E-state index contributed by atoms with van der Waals surface area (Å²) in [4.78, 5) is 11.1. The zero-order chi connectivity index (χ0) is 17.1. The van der Waals surface area contributed by atoms with Crippen LogP contribution in [0.4, 0.5) is 0 Å². The van der Waals surface area contributed by atoms with Gasteiger partial charge in [-0.2, -0.15) is 0 Å². The first-order valence-electron chi connectivity index (χ1n) is 10.3. The van der Waals surface area contributed by atoms with Gasteiger partial charge in [0, 0.05) is 6.08 Å². The monoisotopic (exact) mass is 330 g/mol. The fourth-order valence-electron chi connectivity index (χ4n) is 7.68. The molecule has 0 aromatic rings. The summed E-state index contributed by atoms with van der Waals surface area (Å²) in [7, 11) is 0. The second kappa shape index (κ2) is 5.61. The molecule has 4 saturated carbocycles. The fourth-order valence-corrected chi connectivity index (χ4v) is 7.68. The molecular weight excluding hydrogens is 296 g/mol. The number of fused-ring (bicyclic) bond motifs is 5. The van der Waals surface area contributed by atoms with E-state index in [2.05, 4.69) is 20.8 Å². The molecule has 4 rings (SSSR count). The Morgan fingerprint density at radius 2 is 1.79 bits per heavy atom. The van der Waals surface area contributed by atoms with Crippen LogP contribution in [0, 0.1) is 40.4 Å². The Balaban J connectivity index is 1.58. The van der Waals surface area contributed by atoms with Gasteiger partial charge in [0.15, 0.2) is 0 Å². The summed E-state index contributed by atoms with van der Waals surface area (Å²) in [6, 6.07) is 0. The molecule has 24 heavy (non-hydrogen) atoms. The average Bonchev–Trinajstić information content (AvgIpc) is 2.83. The maximum absolute atomic E-state index is 11.1. The molecule has 2 heteroatoms. The van der Waals surface area contributed by atoms with E-state index in [4.69, 9.17) is 5.11 Å². The Hall–Kier alpha value is -0.790. The fraction of sp³-hybridized carbons (Fsp3) is 0.864. The van der Waals surface area contributed by atoms with Crippen LogP contribution < -0.4 is 0 Å². The normalized spacial score (nSPS) is 52.5. The molecule has 5 unspecified atom stereocenters. The highest BCUT2D eigenvalue weighted by Crippen LogP contribution is 2.67. The van der Waals surface area contributed by atoms with Crippen LogP contribution in [0.15, 0.2) is 11.6 Å². The Kier molecular flexibility index (Phi) is 3.89. The third-order valence-corrected chi connectivity index (χ3v) is 9.36. The van der Waals surface area contributed by atoms with Gasteiger partial charge in [-0.1, -0.05) is 26.3 Å².